The van der Waals surface area contributed by atoms with Gasteiger partial charge >= 0.3 is 0 Å². The van der Waals surface area contributed by atoms with Crippen molar-refractivity contribution < 1.29 is 14.2 Å². The molecule has 0 spiro atoms. The first-order valence-electron chi connectivity index (χ1n) is 10.5. The fourth-order valence-electron chi connectivity index (χ4n) is 4.68. The quantitative estimate of drug-likeness (QED) is 0.333. The average Bonchev–Trinajstić information content (AvgIpc) is 3.36. The van der Waals surface area contributed by atoms with Gasteiger partial charge in [0.15, 0.2) is 0 Å². The average molecular weight is 446 g/mol. The number of ether oxygens (including phenoxy) is 3. The monoisotopic (exact) mass is 445 g/mol. The zero-order valence-corrected chi connectivity index (χ0v) is 19.2. The van der Waals surface area contributed by atoms with Gasteiger partial charge in [-0.05, 0) is 53.6 Å². The molecule has 32 heavy (non-hydrogen) atoms. The van der Waals surface area contributed by atoms with E-state index in [2.05, 4.69) is 47.9 Å². The van der Waals surface area contributed by atoms with E-state index in [0.717, 1.165) is 50.3 Å². The van der Waals surface area contributed by atoms with Gasteiger partial charge in [0.25, 0.3) is 0 Å². The molecule has 0 N–H and O–H groups in total. The Hall–Kier alpha value is -3.37. The van der Waals surface area contributed by atoms with Crippen LogP contribution in [0.4, 0.5) is 0 Å². The zero-order valence-electron chi connectivity index (χ0n) is 18.5. The summed E-state index contributed by atoms with van der Waals surface area (Å²) < 4.78 is 19.1. The minimum absolute atomic E-state index is 0.142. The van der Waals surface area contributed by atoms with Gasteiger partial charge in [0.1, 0.15) is 17.2 Å². The van der Waals surface area contributed by atoms with E-state index >= 15 is 0 Å². The maximum atomic E-state index is 6.17. The van der Waals surface area contributed by atoms with Gasteiger partial charge in [-0.25, -0.2) is 0 Å². The highest BCUT2D eigenvalue weighted by atomic mass is 35.5. The van der Waals surface area contributed by atoms with Crippen LogP contribution in [-0.4, -0.2) is 25.9 Å². The third-order valence-corrected chi connectivity index (χ3v) is 6.47. The van der Waals surface area contributed by atoms with Gasteiger partial charge in [-0.3, -0.25) is 0 Å². The molecule has 5 rings (SSSR count). The molecule has 0 saturated heterocycles. The summed E-state index contributed by atoms with van der Waals surface area (Å²) in [5.74, 6) is 2.57. The molecule has 1 aliphatic rings. The lowest BCUT2D eigenvalue weighted by molar-refractivity contribution is 0.391. The molecule has 0 fully saturated rings. The van der Waals surface area contributed by atoms with Crippen LogP contribution in [0.15, 0.2) is 66.7 Å². The molecule has 0 saturated carbocycles. The summed E-state index contributed by atoms with van der Waals surface area (Å²) in [7, 11) is 5.07. The highest BCUT2D eigenvalue weighted by Crippen LogP contribution is 2.51. The minimum atomic E-state index is 0.142. The van der Waals surface area contributed by atoms with Crippen molar-refractivity contribution in [3.63, 3.8) is 0 Å². The lowest BCUT2D eigenvalue weighted by Crippen LogP contribution is -1.98. The molecule has 5 heteroatoms. The Morgan fingerprint density at radius 1 is 0.750 bits per heavy atom. The Labute approximate surface area is 192 Å². The number of rotatable bonds is 5. The number of benzene rings is 3. The van der Waals surface area contributed by atoms with E-state index in [9.17, 15) is 0 Å². The van der Waals surface area contributed by atoms with Crippen molar-refractivity contribution in [1.82, 2.24) is 4.57 Å². The lowest BCUT2D eigenvalue weighted by Gasteiger charge is -2.14. The second kappa shape index (κ2) is 7.95. The van der Waals surface area contributed by atoms with E-state index in [1.54, 1.807) is 21.3 Å². The summed E-state index contributed by atoms with van der Waals surface area (Å²) in [5.41, 5.74) is 7.98. The summed E-state index contributed by atoms with van der Waals surface area (Å²) >= 11 is 6.17. The van der Waals surface area contributed by atoms with Crippen LogP contribution < -0.4 is 14.2 Å². The van der Waals surface area contributed by atoms with Gasteiger partial charge < -0.3 is 18.8 Å². The van der Waals surface area contributed by atoms with Crippen LogP contribution >= 0.6 is 11.6 Å². The Kier molecular flexibility index (Phi) is 5.10. The standard InChI is InChI=1S/C27H24ClNO3/c1-16-26-24(13-21(31-3)14-25(26)32-4)29-23(18-7-11-20(30-2)12-8-18)15-22(27(16)29)17-5-9-19(28)10-6-17/h5-16H,1-4H3. The molecule has 0 bridgehead atoms. The molecule has 0 radical (unpaired) electrons. The predicted octanol–water partition coefficient (Wildman–Crippen LogP) is 6.96. The van der Waals surface area contributed by atoms with E-state index in [1.807, 2.05) is 30.3 Å². The topological polar surface area (TPSA) is 32.6 Å². The Balaban J connectivity index is 1.81. The minimum Gasteiger partial charge on any atom is -0.497 e. The van der Waals surface area contributed by atoms with E-state index in [0.29, 0.717) is 0 Å². The van der Waals surface area contributed by atoms with Gasteiger partial charge in [0.2, 0.25) is 0 Å². The van der Waals surface area contributed by atoms with Crippen LogP contribution in [-0.2, 0) is 0 Å². The molecule has 3 aromatic carbocycles. The second-order valence-electron chi connectivity index (χ2n) is 7.88. The van der Waals surface area contributed by atoms with Crippen molar-refractivity contribution in [2.45, 2.75) is 12.8 Å². The highest BCUT2D eigenvalue weighted by Gasteiger charge is 2.35. The molecular formula is C27H24ClNO3. The van der Waals surface area contributed by atoms with Crippen LogP contribution in [0.1, 0.15) is 24.1 Å². The van der Waals surface area contributed by atoms with Crippen molar-refractivity contribution in [2.75, 3.05) is 21.3 Å². The van der Waals surface area contributed by atoms with Crippen molar-refractivity contribution >= 4 is 11.6 Å². The second-order valence-corrected chi connectivity index (χ2v) is 8.32. The first kappa shape index (κ1) is 20.5. The van der Waals surface area contributed by atoms with E-state index in [4.69, 9.17) is 25.8 Å². The summed E-state index contributed by atoms with van der Waals surface area (Å²) in [4.78, 5) is 0. The van der Waals surface area contributed by atoms with Crippen molar-refractivity contribution in [3.8, 4) is 45.3 Å². The molecule has 1 aromatic heterocycles. The Bertz CT molecular complexity index is 1290. The first-order chi connectivity index (χ1) is 15.5. The molecule has 1 aliphatic heterocycles. The largest absolute Gasteiger partial charge is 0.497 e. The fourth-order valence-corrected chi connectivity index (χ4v) is 4.80. The molecular weight excluding hydrogens is 422 g/mol. The van der Waals surface area contributed by atoms with Gasteiger partial charge in [-0.2, -0.15) is 0 Å². The molecule has 4 aromatic rings. The zero-order chi connectivity index (χ0) is 22.4. The number of methoxy groups -OCH3 is 3. The molecule has 0 aliphatic carbocycles. The normalized spacial score (nSPS) is 14.1. The SMILES string of the molecule is COc1ccc(-c2cc(-c3ccc(Cl)cc3)c3n2-c2cc(OC)cc(OC)c2C3C)cc1. The third kappa shape index (κ3) is 3.14. The lowest BCUT2D eigenvalue weighted by atomic mass is 9.93. The first-order valence-corrected chi connectivity index (χ1v) is 10.9. The smallest absolute Gasteiger partial charge is 0.128 e. The number of fused-ring (bicyclic) bond motifs is 3. The molecule has 0 amide bonds. The Morgan fingerprint density at radius 3 is 2.03 bits per heavy atom. The van der Waals surface area contributed by atoms with Crippen LogP contribution in [0.2, 0.25) is 5.02 Å². The van der Waals surface area contributed by atoms with Gasteiger partial charge in [-0.1, -0.05) is 30.7 Å². The number of nitrogens with zero attached hydrogens (tertiary/aromatic N) is 1. The fraction of sp³-hybridized carbons (Fsp3) is 0.185. The van der Waals surface area contributed by atoms with E-state index in [-0.39, 0.29) is 5.92 Å². The molecule has 162 valence electrons. The van der Waals surface area contributed by atoms with Gasteiger partial charge in [-0.15, -0.1) is 0 Å². The van der Waals surface area contributed by atoms with Crippen LogP contribution in [0.3, 0.4) is 0 Å². The third-order valence-electron chi connectivity index (χ3n) is 6.21. The highest BCUT2D eigenvalue weighted by molar-refractivity contribution is 6.30. The summed E-state index contributed by atoms with van der Waals surface area (Å²) in [6.45, 7) is 2.23. The van der Waals surface area contributed by atoms with E-state index < -0.39 is 0 Å². The number of hydrogen-bond acceptors (Lipinski definition) is 3. The van der Waals surface area contributed by atoms with Crippen molar-refractivity contribution in [2.24, 2.45) is 0 Å². The number of hydrogen-bond donors (Lipinski definition) is 0. The number of halogens is 1. The van der Waals surface area contributed by atoms with Gasteiger partial charge in [0.05, 0.1) is 32.7 Å². The molecule has 4 nitrogen and oxygen atoms in total. The summed E-state index contributed by atoms with van der Waals surface area (Å²) in [6, 6.07) is 22.5. The van der Waals surface area contributed by atoms with E-state index in [1.165, 1.54) is 11.3 Å². The van der Waals surface area contributed by atoms with Crippen molar-refractivity contribution in [1.29, 1.82) is 0 Å². The maximum absolute atomic E-state index is 6.17. The summed E-state index contributed by atoms with van der Waals surface area (Å²) in [5, 5.41) is 0.725. The van der Waals surface area contributed by atoms with Crippen LogP contribution in [0.25, 0.3) is 28.1 Å². The predicted molar refractivity (Wildman–Crippen MR) is 129 cm³/mol. The summed E-state index contributed by atoms with van der Waals surface area (Å²) in [6.07, 6.45) is 0. The van der Waals surface area contributed by atoms with Crippen LogP contribution in [0.5, 0.6) is 17.2 Å². The molecule has 1 unspecified atom stereocenters. The maximum Gasteiger partial charge on any atom is 0.128 e. The van der Waals surface area contributed by atoms with Crippen molar-refractivity contribution in [3.05, 3.63) is 83.0 Å². The number of aromatic nitrogens is 1. The van der Waals surface area contributed by atoms with Gasteiger partial charge in [0, 0.05) is 39.9 Å². The van der Waals surface area contributed by atoms with Crippen LogP contribution in [0, 0.1) is 0 Å². The molecule has 2 heterocycles. The molecule has 1 atom stereocenters. The Morgan fingerprint density at radius 2 is 1.41 bits per heavy atom.